The number of hydrogen-bond donors (Lipinski definition) is 1. The van der Waals surface area contributed by atoms with Crippen LogP contribution in [0.15, 0.2) is 54.7 Å². The minimum absolute atomic E-state index is 0.0681. The molecule has 0 amide bonds. The Kier molecular flexibility index (Phi) is 4.24. The Morgan fingerprint density at radius 3 is 2.48 bits per heavy atom. The van der Waals surface area contributed by atoms with Crippen LogP contribution in [0.4, 0.5) is 0 Å². The first kappa shape index (κ1) is 15.0. The van der Waals surface area contributed by atoms with Gasteiger partial charge in [0.25, 0.3) is 0 Å². The zero-order valence-electron chi connectivity index (χ0n) is 13.2. The molecule has 0 aliphatic heterocycles. The summed E-state index contributed by atoms with van der Waals surface area (Å²) in [5.41, 5.74) is 3.10. The number of aromatic nitrogens is 3. The topological polar surface area (TPSA) is 50.9 Å². The van der Waals surface area contributed by atoms with Gasteiger partial charge in [-0.15, -0.1) is 0 Å². The van der Waals surface area contributed by atoms with Gasteiger partial charge < -0.3 is 5.11 Å². The predicted molar refractivity (Wildman–Crippen MR) is 92.5 cm³/mol. The lowest BCUT2D eigenvalue weighted by molar-refractivity contribution is 0.432. The minimum Gasteiger partial charge on any atom is -0.493 e. The molecule has 2 aromatic heterocycles. The van der Waals surface area contributed by atoms with E-state index in [1.165, 1.54) is 10.2 Å². The molecule has 0 fully saturated rings. The number of aromatic hydroxyl groups is 1. The number of rotatable bonds is 4. The number of hydrogen-bond acceptors (Lipinski definition) is 3. The third kappa shape index (κ3) is 3.48. The van der Waals surface area contributed by atoms with Crippen LogP contribution in [0.25, 0.3) is 18.0 Å². The molecule has 23 heavy (non-hydrogen) atoms. The largest absolute Gasteiger partial charge is 0.493 e. The summed E-state index contributed by atoms with van der Waals surface area (Å²) in [6.45, 7) is 4.36. The Balaban J connectivity index is 1.80. The molecule has 0 saturated heterocycles. The van der Waals surface area contributed by atoms with E-state index in [1.54, 1.807) is 18.3 Å². The fourth-order valence-corrected chi connectivity index (χ4v) is 2.29. The average molecular weight is 305 g/mol. The highest BCUT2D eigenvalue weighted by atomic mass is 16.3. The minimum atomic E-state index is 0.0681. The molecule has 1 N–H and O–H groups in total. The summed E-state index contributed by atoms with van der Waals surface area (Å²) in [5, 5.41) is 14.4. The van der Waals surface area contributed by atoms with Gasteiger partial charge in [0, 0.05) is 12.3 Å². The lowest BCUT2D eigenvalue weighted by atomic mass is 10.0. The van der Waals surface area contributed by atoms with Crippen molar-refractivity contribution in [3.63, 3.8) is 0 Å². The third-order valence-corrected chi connectivity index (χ3v) is 3.63. The first-order chi connectivity index (χ1) is 11.1. The van der Waals surface area contributed by atoms with Crippen LogP contribution in [0.2, 0.25) is 0 Å². The van der Waals surface area contributed by atoms with Crippen molar-refractivity contribution < 1.29 is 5.11 Å². The summed E-state index contributed by atoms with van der Waals surface area (Å²) >= 11 is 0. The second-order valence-electron chi connectivity index (χ2n) is 5.68. The number of benzene rings is 1. The van der Waals surface area contributed by atoms with E-state index in [-0.39, 0.29) is 5.88 Å². The standard InChI is InChI=1S/C19H19N3O/c1-14(2)16-9-6-15(7-10-16)8-11-17-13-19(23)22(21-17)18-5-3-4-12-20-18/h3-14,23H,1-2H3. The lowest BCUT2D eigenvalue weighted by Crippen LogP contribution is -1.98. The van der Waals surface area contributed by atoms with Gasteiger partial charge in [-0.1, -0.05) is 50.3 Å². The van der Waals surface area contributed by atoms with E-state index in [4.69, 9.17) is 0 Å². The average Bonchev–Trinajstić information content (AvgIpc) is 2.95. The molecule has 0 aliphatic rings. The Bertz CT molecular complexity index is 802. The SMILES string of the molecule is CC(C)c1ccc(C=Cc2cc(O)n(-c3ccccn3)n2)cc1. The Labute approximate surface area is 135 Å². The summed E-state index contributed by atoms with van der Waals surface area (Å²) < 4.78 is 1.42. The van der Waals surface area contributed by atoms with Crippen molar-refractivity contribution in [3.05, 3.63) is 71.5 Å². The van der Waals surface area contributed by atoms with E-state index in [0.717, 1.165) is 5.56 Å². The van der Waals surface area contributed by atoms with Gasteiger partial charge in [-0.25, -0.2) is 4.98 Å². The van der Waals surface area contributed by atoms with Crippen molar-refractivity contribution in [1.82, 2.24) is 14.8 Å². The maximum Gasteiger partial charge on any atom is 0.216 e. The molecule has 0 bridgehead atoms. The van der Waals surface area contributed by atoms with Crippen LogP contribution in [0.1, 0.15) is 36.6 Å². The second kappa shape index (κ2) is 6.48. The lowest BCUT2D eigenvalue weighted by Gasteiger charge is -2.04. The molecule has 4 nitrogen and oxygen atoms in total. The maximum atomic E-state index is 10.0. The van der Waals surface area contributed by atoms with Gasteiger partial charge in [0.1, 0.15) is 0 Å². The summed E-state index contributed by atoms with van der Waals surface area (Å²) in [4.78, 5) is 4.18. The highest BCUT2D eigenvalue weighted by Crippen LogP contribution is 2.19. The third-order valence-electron chi connectivity index (χ3n) is 3.63. The number of nitrogens with zero attached hydrogens (tertiary/aromatic N) is 3. The van der Waals surface area contributed by atoms with E-state index in [9.17, 15) is 5.11 Å². The normalized spacial score (nSPS) is 11.4. The highest BCUT2D eigenvalue weighted by Gasteiger charge is 2.07. The van der Waals surface area contributed by atoms with Crippen LogP contribution in [-0.2, 0) is 0 Å². The van der Waals surface area contributed by atoms with Crippen LogP contribution in [0, 0.1) is 0 Å². The molecule has 0 radical (unpaired) electrons. The molecule has 0 atom stereocenters. The molecule has 4 heteroatoms. The van der Waals surface area contributed by atoms with Crippen molar-refractivity contribution in [2.75, 3.05) is 0 Å². The molecular weight excluding hydrogens is 286 g/mol. The van der Waals surface area contributed by atoms with Gasteiger partial charge >= 0.3 is 0 Å². The van der Waals surface area contributed by atoms with E-state index in [2.05, 4.69) is 48.2 Å². The van der Waals surface area contributed by atoms with Gasteiger partial charge in [-0.2, -0.15) is 9.78 Å². The van der Waals surface area contributed by atoms with E-state index < -0.39 is 0 Å². The van der Waals surface area contributed by atoms with Gasteiger partial charge in [0.15, 0.2) is 5.82 Å². The van der Waals surface area contributed by atoms with Crippen molar-refractivity contribution in [3.8, 4) is 11.7 Å². The summed E-state index contributed by atoms with van der Waals surface area (Å²) in [6, 6.07) is 15.5. The molecule has 0 spiro atoms. The van der Waals surface area contributed by atoms with E-state index in [0.29, 0.717) is 17.4 Å². The van der Waals surface area contributed by atoms with Gasteiger partial charge in [-0.3, -0.25) is 0 Å². The Morgan fingerprint density at radius 1 is 1.04 bits per heavy atom. The smallest absolute Gasteiger partial charge is 0.216 e. The molecule has 116 valence electrons. The van der Waals surface area contributed by atoms with Crippen LogP contribution in [0.5, 0.6) is 5.88 Å². The predicted octanol–water partition coefficient (Wildman–Crippen LogP) is 4.27. The van der Waals surface area contributed by atoms with Crippen molar-refractivity contribution in [2.45, 2.75) is 19.8 Å². The van der Waals surface area contributed by atoms with Crippen LogP contribution in [-0.4, -0.2) is 19.9 Å². The van der Waals surface area contributed by atoms with Crippen molar-refractivity contribution in [2.24, 2.45) is 0 Å². The van der Waals surface area contributed by atoms with Crippen LogP contribution < -0.4 is 0 Å². The molecule has 0 saturated carbocycles. The summed E-state index contributed by atoms with van der Waals surface area (Å²) in [6.07, 6.45) is 5.53. The monoisotopic (exact) mass is 305 g/mol. The molecule has 0 unspecified atom stereocenters. The first-order valence-corrected chi connectivity index (χ1v) is 7.62. The zero-order valence-corrected chi connectivity index (χ0v) is 13.2. The Hall–Kier alpha value is -2.88. The van der Waals surface area contributed by atoms with Gasteiger partial charge in [-0.05, 0) is 35.3 Å². The van der Waals surface area contributed by atoms with Crippen LogP contribution >= 0.6 is 0 Å². The molecule has 2 heterocycles. The Morgan fingerprint density at radius 2 is 1.83 bits per heavy atom. The van der Waals surface area contributed by atoms with Gasteiger partial charge in [0.05, 0.1) is 5.69 Å². The quantitative estimate of drug-likeness (QED) is 0.783. The molecule has 0 aliphatic carbocycles. The highest BCUT2D eigenvalue weighted by molar-refractivity contribution is 5.68. The molecule has 3 aromatic rings. The fourth-order valence-electron chi connectivity index (χ4n) is 2.29. The summed E-state index contributed by atoms with van der Waals surface area (Å²) in [7, 11) is 0. The molecule has 1 aromatic carbocycles. The van der Waals surface area contributed by atoms with Gasteiger partial charge in [0.2, 0.25) is 5.88 Å². The molecular formula is C19H19N3O. The molecule has 3 rings (SSSR count). The maximum absolute atomic E-state index is 10.0. The van der Waals surface area contributed by atoms with E-state index >= 15 is 0 Å². The van der Waals surface area contributed by atoms with Crippen molar-refractivity contribution in [1.29, 1.82) is 0 Å². The first-order valence-electron chi connectivity index (χ1n) is 7.62. The summed E-state index contributed by atoms with van der Waals surface area (Å²) in [5.74, 6) is 1.18. The second-order valence-corrected chi connectivity index (χ2v) is 5.68. The zero-order chi connectivity index (χ0) is 16.2. The fraction of sp³-hybridized carbons (Fsp3) is 0.158. The van der Waals surface area contributed by atoms with Crippen LogP contribution in [0.3, 0.4) is 0 Å². The van der Waals surface area contributed by atoms with Crippen molar-refractivity contribution >= 4 is 12.2 Å². The number of pyridine rings is 1. The van der Waals surface area contributed by atoms with E-state index in [1.807, 2.05) is 24.3 Å².